The molecule has 2 amide bonds. The van der Waals surface area contributed by atoms with Gasteiger partial charge in [0, 0.05) is 31.2 Å². The molecule has 1 saturated heterocycles. The molecule has 2 aliphatic rings. The van der Waals surface area contributed by atoms with Gasteiger partial charge < -0.3 is 15.3 Å². The molecular weight excluding hydrogens is 481 g/mol. The van der Waals surface area contributed by atoms with Gasteiger partial charge in [-0.2, -0.15) is 0 Å². The number of piperidine rings is 1. The van der Waals surface area contributed by atoms with Crippen LogP contribution in [0.15, 0.2) is 78.9 Å². The fourth-order valence-electron chi connectivity index (χ4n) is 5.99. The van der Waals surface area contributed by atoms with E-state index in [0.717, 1.165) is 42.9 Å². The Balaban J connectivity index is 1.17. The number of phenolic OH excluding ortho intramolecular Hbond substituents is 1. The van der Waals surface area contributed by atoms with Crippen LogP contribution in [-0.4, -0.2) is 52.9 Å². The number of carbonyl (C=O) groups is 2. The number of nitrogens with one attached hydrogen (secondary N) is 1. The minimum atomic E-state index is -0.787. The summed E-state index contributed by atoms with van der Waals surface area (Å²) >= 11 is 0. The molecule has 198 valence electrons. The topological polar surface area (TPSA) is 72.9 Å². The lowest BCUT2D eigenvalue weighted by atomic mass is 9.60. The first-order chi connectivity index (χ1) is 18.3. The van der Waals surface area contributed by atoms with Gasteiger partial charge in [-0.25, -0.2) is 4.39 Å². The van der Waals surface area contributed by atoms with Crippen LogP contribution < -0.4 is 5.32 Å². The van der Waals surface area contributed by atoms with Crippen molar-refractivity contribution in [3.8, 4) is 5.75 Å². The molecule has 1 spiro atoms. The molecule has 3 aromatic carbocycles. The van der Waals surface area contributed by atoms with Crippen molar-refractivity contribution < 1.29 is 19.1 Å². The summed E-state index contributed by atoms with van der Waals surface area (Å²) in [7, 11) is 1.99. The highest BCUT2D eigenvalue weighted by atomic mass is 19.1. The van der Waals surface area contributed by atoms with E-state index in [4.69, 9.17) is 0 Å². The molecule has 0 bridgehead atoms. The van der Waals surface area contributed by atoms with Crippen LogP contribution in [0.4, 0.5) is 4.39 Å². The summed E-state index contributed by atoms with van der Waals surface area (Å²) in [5.74, 6) is -1.45. The largest absolute Gasteiger partial charge is 0.505 e. The maximum Gasteiger partial charge on any atom is 0.253 e. The van der Waals surface area contributed by atoms with Crippen molar-refractivity contribution >= 4 is 11.8 Å². The maximum absolute atomic E-state index is 13.7. The molecule has 7 heteroatoms. The van der Waals surface area contributed by atoms with Gasteiger partial charge in [0.05, 0.1) is 0 Å². The smallest absolute Gasteiger partial charge is 0.253 e. The van der Waals surface area contributed by atoms with Gasteiger partial charge in [-0.15, -0.1) is 0 Å². The van der Waals surface area contributed by atoms with Gasteiger partial charge in [-0.1, -0.05) is 60.7 Å². The quantitative estimate of drug-likeness (QED) is 0.469. The molecular formula is C31H34FN3O3. The van der Waals surface area contributed by atoms with Gasteiger partial charge in [0.15, 0.2) is 11.6 Å². The standard InChI is InChI=1S/C31H34FN3O3/c1-34(21-22-8-4-2-5-9-22)28(23-10-6-3-7-11-23)29(37)33-25-19-31(20-25)14-16-35(17-15-31)30(38)24-12-13-27(36)26(32)18-24/h2-13,18,25,28,36H,14-17,19-21H2,1H3,(H,33,37). The minimum absolute atomic E-state index is 0.0106. The Morgan fingerprint density at radius 2 is 1.66 bits per heavy atom. The second kappa shape index (κ2) is 11.0. The molecule has 6 nitrogen and oxygen atoms in total. The first-order valence-corrected chi connectivity index (χ1v) is 13.2. The van der Waals surface area contributed by atoms with Crippen LogP contribution in [0, 0.1) is 11.2 Å². The van der Waals surface area contributed by atoms with E-state index in [2.05, 4.69) is 22.3 Å². The Morgan fingerprint density at radius 3 is 2.29 bits per heavy atom. The lowest BCUT2D eigenvalue weighted by Crippen LogP contribution is -2.56. The predicted octanol–water partition coefficient (Wildman–Crippen LogP) is 4.91. The molecule has 5 rings (SSSR count). The number of carbonyl (C=O) groups excluding carboxylic acids is 2. The first-order valence-electron chi connectivity index (χ1n) is 13.2. The third kappa shape index (κ3) is 5.58. The van der Waals surface area contributed by atoms with E-state index in [1.165, 1.54) is 12.1 Å². The fraction of sp³-hybridized carbons (Fsp3) is 0.355. The van der Waals surface area contributed by atoms with Crippen molar-refractivity contribution in [1.82, 2.24) is 15.1 Å². The predicted molar refractivity (Wildman–Crippen MR) is 144 cm³/mol. The van der Waals surface area contributed by atoms with E-state index >= 15 is 0 Å². The monoisotopic (exact) mass is 515 g/mol. The number of likely N-dealkylation sites (tertiary alicyclic amines) is 1. The second-order valence-electron chi connectivity index (χ2n) is 10.8. The van der Waals surface area contributed by atoms with Crippen molar-refractivity contribution in [2.24, 2.45) is 5.41 Å². The van der Waals surface area contributed by atoms with Crippen molar-refractivity contribution in [2.45, 2.75) is 44.3 Å². The van der Waals surface area contributed by atoms with Gasteiger partial charge in [0.2, 0.25) is 5.91 Å². The third-order valence-electron chi connectivity index (χ3n) is 8.09. The average Bonchev–Trinajstić information content (AvgIpc) is 2.91. The van der Waals surface area contributed by atoms with Crippen LogP contribution in [0.3, 0.4) is 0 Å². The van der Waals surface area contributed by atoms with Gasteiger partial charge in [-0.05, 0) is 67.5 Å². The van der Waals surface area contributed by atoms with E-state index in [9.17, 15) is 19.1 Å². The van der Waals surface area contributed by atoms with Crippen LogP contribution in [0.25, 0.3) is 0 Å². The maximum atomic E-state index is 13.7. The SMILES string of the molecule is CN(Cc1ccccc1)C(C(=O)NC1CC2(CCN(C(=O)c3ccc(O)c(F)c3)CC2)C1)c1ccccc1. The van der Waals surface area contributed by atoms with Gasteiger partial charge in [-0.3, -0.25) is 14.5 Å². The number of amides is 2. The summed E-state index contributed by atoms with van der Waals surface area (Å²) < 4.78 is 13.7. The molecule has 1 atom stereocenters. The highest BCUT2D eigenvalue weighted by Gasteiger charge is 2.47. The van der Waals surface area contributed by atoms with E-state index in [1.807, 2.05) is 55.6 Å². The molecule has 1 heterocycles. The molecule has 2 N–H and O–H groups in total. The van der Waals surface area contributed by atoms with Crippen molar-refractivity contribution in [1.29, 1.82) is 0 Å². The Morgan fingerprint density at radius 1 is 1.03 bits per heavy atom. The highest BCUT2D eigenvalue weighted by Crippen LogP contribution is 2.49. The van der Waals surface area contributed by atoms with E-state index in [-0.39, 0.29) is 28.8 Å². The normalized spacial score (nSPS) is 17.7. The molecule has 1 saturated carbocycles. The number of aromatic hydroxyl groups is 1. The van der Waals surface area contributed by atoms with Gasteiger partial charge >= 0.3 is 0 Å². The Hall–Kier alpha value is -3.71. The molecule has 38 heavy (non-hydrogen) atoms. The van der Waals surface area contributed by atoms with E-state index < -0.39 is 17.6 Å². The first kappa shape index (κ1) is 25.9. The zero-order chi connectivity index (χ0) is 26.7. The number of likely N-dealkylation sites (N-methyl/N-ethyl adjacent to an activating group) is 1. The zero-order valence-electron chi connectivity index (χ0n) is 21.6. The summed E-state index contributed by atoms with van der Waals surface area (Å²) in [6.45, 7) is 1.88. The van der Waals surface area contributed by atoms with Crippen LogP contribution in [-0.2, 0) is 11.3 Å². The molecule has 3 aromatic rings. The number of benzene rings is 3. The van der Waals surface area contributed by atoms with Crippen LogP contribution in [0.5, 0.6) is 5.75 Å². The number of hydrogen-bond acceptors (Lipinski definition) is 4. The lowest BCUT2D eigenvalue weighted by Gasteiger charge is -2.52. The number of rotatable bonds is 7. The molecule has 0 radical (unpaired) electrons. The molecule has 1 aliphatic heterocycles. The summed E-state index contributed by atoms with van der Waals surface area (Å²) in [4.78, 5) is 30.2. The van der Waals surface area contributed by atoms with E-state index in [1.54, 1.807) is 4.90 Å². The number of nitrogens with zero attached hydrogens (tertiary/aromatic N) is 2. The fourth-order valence-corrected chi connectivity index (χ4v) is 5.99. The van der Waals surface area contributed by atoms with Crippen molar-refractivity contribution in [3.63, 3.8) is 0 Å². The van der Waals surface area contributed by atoms with Crippen molar-refractivity contribution in [3.05, 3.63) is 101 Å². The molecule has 1 unspecified atom stereocenters. The third-order valence-corrected chi connectivity index (χ3v) is 8.09. The average molecular weight is 516 g/mol. The van der Waals surface area contributed by atoms with Gasteiger partial charge in [0.1, 0.15) is 6.04 Å². The zero-order valence-corrected chi connectivity index (χ0v) is 21.6. The lowest BCUT2D eigenvalue weighted by molar-refractivity contribution is -0.129. The van der Waals surface area contributed by atoms with Crippen LogP contribution >= 0.6 is 0 Å². The summed E-state index contributed by atoms with van der Waals surface area (Å²) in [5, 5.41) is 12.7. The number of hydrogen-bond donors (Lipinski definition) is 2. The van der Waals surface area contributed by atoms with Gasteiger partial charge in [0.25, 0.3) is 5.91 Å². The Bertz CT molecular complexity index is 1270. The highest BCUT2D eigenvalue weighted by molar-refractivity contribution is 5.94. The second-order valence-corrected chi connectivity index (χ2v) is 10.8. The Kier molecular flexibility index (Phi) is 7.47. The van der Waals surface area contributed by atoms with Crippen molar-refractivity contribution in [2.75, 3.05) is 20.1 Å². The Labute approximate surface area is 223 Å². The summed E-state index contributed by atoms with van der Waals surface area (Å²) in [6.07, 6.45) is 3.53. The molecule has 1 aliphatic carbocycles. The molecule has 2 fully saturated rings. The minimum Gasteiger partial charge on any atom is -0.505 e. The van der Waals surface area contributed by atoms with Crippen LogP contribution in [0.2, 0.25) is 0 Å². The van der Waals surface area contributed by atoms with E-state index in [0.29, 0.717) is 19.6 Å². The molecule has 0 aromatic heterocycles. The summed E-state index contributed by atoms with van der Waals surface area (Å²) in [5.41, 5.74) is 2.51. The number of halogens is 1. The number of phenols is 1. The summed E-state index contributed by atoms with van der Waals surface area (Å²) in [6, 6.07) is 23.5. The van der Waals surface area contributed by atoms with Crippen LogP contribution in [0.1, 0.15) is 53.2 Å².